The normalized spacial score (nSPS) is 12.4. The molecule has 3 heteroatoms. The summed E-state index contributed by atoms with van der Waals surface area (Å²) in [4.78, 5) is 4.56. The van der Waals surface area contributed by atoms with Gasteiger partial charge in [0, 0.05) is 53.5 Å². The van der Waals surface area contributed by atoms with E-state index in [1.165, 1.54) is 58.3 Å². The van der Waals surface area contributed by atoms with Crippen molar-refractivity contribution in [2.24, 2.45) is 0 Å². The summed E-state index contributed by atoms with van der Waals surface area (Å²) < 4.78 is 5.15. The summed E-state index contributed by atoms with van der Waals surface area (Å²) in [6.45, 7) is 0. The molecular weight excluding hydrogens is 408 g/mol. The first-order chi connectivity index (χ1) is 15.9. The van der Waals surface area contributed by atoms with Gasteiger partial charge in [-0.1, -0.05) is 48.5 Å². The Morgan fingerprint density at radius 1 is 0.562 bits per heavy atom. The van der Waals surface area contributed by atoms with Gasteiger partial charge in [-0.3, -0.25) is 4.98 Å². The molecule has 0 fully saturated rings. The zero-order valence-electron chi connectivity index (χ0n) is 17.0. The van der Waals surface area contributed by atoms with Crippen molar-refractivity contribution in [2.75, 3.05) is 0 Å². The van der Waals surface area contributed by atoms with E-state index in [0.29, 0.717) is 0 Å². The van der Waals surface area contributed by atoms with E-state index in [0.717, 1.165) is 11.3 Å². The fourth-order valence-electron chi connectivity index (χ4n) is 5.39. The van der Waals surface area contributed by atoms with E-state index in [1.807, 2.05) is 29.7 Å². The van der Waals surface area contributed by atoms with Gasteiger partial charge in [0.05, 0.1) is 22.2 Å². The van der Waals surface area contributed by atoms with Crippen molar-refractivity contribution in [1.29, 1.82) is 0 Å². The molecule has 0 saturated heterocycles. The summed E-state index contributed by atoms with van der Waals surface area (Å²) in [5, 5.41) is 7.95. The van der Waals surface area contributed by atoms with Gasteiger partial charge >= 0.3 is 0 Å². The second kappa shape index (κ2) is 5.84. The van der Waals surface area contributed by atoms with E-state index in [1.54, 1.807) is 0 Å². The summed E-state index contributed by atoms with van der Waals surface area (Å²) in [6, 6.07) is 33.1. The van der Waals surface area contributed by atoms with Crippen molar-refractivity contribution in [3.05, 3.63) is 97.2 Å². The number of fused-ring (bicyclic) bond motifs is 9. The van der Waals surface area contributed by atoms with Gasteiger partial charge < -0.3 is 4.40 Å². The molecule has 4 aromatic heterocycles. The third-order valence-corrected chi connectivity index (χ3v) is 7.91. The molecule has 0 aliphatic rings. The minimum atomic E-state index is 1.01. The Kier molecular flexibility index (Phi) is 3.05. The Bertz CT molecular complexity index is 1980. The van der Waals surface area contributed by atoms with Crippen molar-refractivity contribution >= 4 is 69.6 Å². The smallest absolute Gasteiger partial charge is 0.0702 e. The standard InChI is InChI=1S/C29H16N2S/c1-2-10-27-18(6-1)23-15-22-20-8-5-7-19-21-14-17(24-9-3-4-13-30-24)11-12-25(21)31(29(19)20)26(22)16-28(23)32-27/h1-16H. The SMILES string of the molecule is c1ccc(-c2ccc3c(c2)c2cccc4c5cc6c(cc5n3c24)sc2ccccc26)nc1. The highest BCUT2D eigenvalue weighted by Gasteiger charge is 2.19. The molecule has 32 heavy (non-hydrogen) atoms. The van der Waals surface area contributed by atoms with Crippen LogP contribution in [0.3, 0.4) is 0 Å². The van der Waals surface area contributed by atoms with Gasteiger partial charge in [0.25, 0.3) is 0 Å². The maximum atomic E-state index is 4.56. The lowest BCUT2D eigenvalue weighted by Gasteiger charge is -2.03. The lowest BCUT2D eigenvalue weighted by Crippen LogP contribution is -1.83. The first-order valence-corrected chi connectivity index (χ1v) is 11.6. The molecule has 0 radical (unpaired) electrons. The van der Waals surface area contributed by atoms with Crippen LogP contribution in [0.15, 0.2) is 97.2 Å². The van der Waals surface area contributed by atoms with Crippen LogP contribution in [0.4, 0.5) is 0 Å². The summed E-state index contributed by atoms with van der Waals surface area (Å²) in [7, 11) is 0. The number of aromatic nitrogens is 2. The molecular formula is C29H16N2S. The second-order valence-electron chi connectivity index (χ2n) is 8.45. The van der Waals surface area contributed by atoms with E-state index in [2.05, 4.69) is 88.2 Å². The maximum Gasteiger partial charge on any atom is 0.0702 e. The number of hydrogen-bond acceptors (Lipinski definition) is 2. The molecule has 0 amide bonds. The van der Waals surface area contributed by atoms with Crippen LogP contribution in [0.1, 0.15) is 0 Å². The predicted molar refractivity (Wildman–Crippen MR) is 137 cm³/mol. The molecule has 0 aliphatic heterocycles. The summed E-state index contributed by atoms with van der Waals surface area (Å²) in [6.07, 6.45) is 1.86. The van der Waals surface area contributed by atoms with E-state index < -0.39 is 0 Å². The Morgan fingerprint density at radius 2 is 1.38 bits per heavy atom. The monoisotopic (exact) mass is 424 g/mol. The Balaban J connectivity index is 1.55. The Labute approximate surface area is 187 Å². The van der Waals surface area contributed by atoms with E-state index in [4.69, 9.17) is 0 Å². The molecule has 0 saturated carbocycles. The number of pyridine rings is 1. The molecule has 4 heterocycles. The molecule has 0 bridgehead atoms. The lowest BCUT2D eigenvalue weighted by molar-refractivity contribution is 1.33. The molecule has 0 spiro atoms. The highest BCUT2D eigenvalue weighted by Crippen LogP contribution is 2.43. The van der Waals surface area contributed by atoms with Crippen LogP contribution >= 0.6 is 11.3 Å². The van der Waals surface area contributed by atoms with Crippen LogP contribution in [0, 0.1) is 0 Å². The van der Waals surface area contributed by atoms with Crippen LogP contribution in [0.2, 0.25) is 0 Å². The highest BCUT2D eigenvalue weighted by molar-refractivity contribution is 7.25. The van der Waals surface area contributed by atoms with Gasteiger partial charge in [-0.2, -0.15) is 0 Å². The summed E-state index contributed by atoms with van der Waals surface area (Å²) >= 11 is 1.88. The van der Waals surface area contributed by atoms with Crippen molar-refractivity contribution < 1.29 is 0 Å². The molecule has 4 aromatic carbocycles. The van der Waals surface area contributed by atoms with Gasteiger partial charge in [0.15, 0.2) is 0 Å². The summed E-state index contributed by atoms with van der Waals surface area (Å²) in [5.41, 5.74) is 6.03. The molecule has 0 unspecified atom stereocenters. The topological polar surface area (TPSA) is 17.3 Å². The number of nitrogens with zero attached hydrogens (tertiary/aromatic N) is 2. The quantitative estimate of drug-likeness (QED) is 0.259. The van der Waals surface area contributed by atoms with Gasteiger partial charge in [0.2, 0.25) is 0 Å². The molecule has 0 aliphatic carbocycles. The maximum absolute atomic E-state index is 4.56. The van der Waals surface area contributed by atoms with Gasteiger partial charge in [-0.05, 0) is 42.5 Å². The minimum Gasteiger partial charge on any atom is -0.308 e. The van der Waals surface area contributed by atoms with Crippen LogP contribution in [-0.2, 0) is 0 Å². The van der Waals surface area contributed by atoms with Gasteiger partial charge in [-0.15, -0.1) is 11.3 Å². The largest absolute Gasteiger partial charge is 0.308 e. The van der Waals surface area contributed by atoms with Crippen molar-refractivity contribution in [3.63, 3.8) is 0 Å². The Hall–Kier alpha value is -3.95. The van der Waals surface area contributed by atoms with Gasteiger partial charge in [-0.25, -0.2) is 0 Å². The van der Waals surface area contributed by atoms with Crippen molar-refractivity contribution in [3.8, 4) is 11.3 Å². The van der Waals surface area contributed by atoms with E-state index in [-0.39, 0.29) is 0 Å². The number of hydrogen-bond donors (Lipinski definition) is 0. The molecule has 148 valence electrons. The average molecular weight is 425 g/mol. The van der Waals surface area contributed by atoms with Crippen LogP contribution in [-0.4, -0.2) is 9.38 Å². The number of rotatable bonds is 1. The lowest BCUT2D eigenvalue weighted by atomic mass is 10.0. The Morgan fingerprint density at radius 3 is 2.25 bits per heavy atom. The molecule has 2 nitrogen and oxygen atoms in total. The average Bonchev–Trinajstić information content (AvgIpc) is 3.49. The van der Waals surface area contributed by atoms with E-state index in [9.17, 15) is 0 Å². The van der Waals surface area contributed by atoms with E-state index >= 15 is 0 Å². The zero-order valence-corrected chi connectivity index (χ0v) is 17.9. The predicted octanol–water partition coefficient (Wildman–Crippen LogP) is 8.27. The fourth-order valence-corrected chi connectivity index (χ4v) is 6.51. The van der Waals surface area contributed by atoms with Crippen LogP contribution in [0.5, 0.6) is 0 Å². The van der Waals surface area contributed by atoms with Crippen LogP contribution < -0.4 is 0 Å². The number of benzene rings is 4. The number of thiophene rings is 1. The third-order valence-electron chi connectivity index (χ3n) is 6.77. The molecule has 8 rings (SSSR count). The number of para-hydroxylation sites is 1. The van der Waals surface area contributed by atoms with Gasteiger partial charge in [0.1, 0.15) is 0 Å². The molecule has 0 N–H and O–H groups in total. The molecule has 0 atom stereocenters. The van der Waals surface area contributed by atoms with Crippen molar-refractivity contribution in [1.82, 2.24) is 9.38 Å². The third kappa shape index (κ3) is 2.02. The van der Waals surface area contributed by atoms with Crippen LogP contribution in [0.25, 0.3) is 69.5 Å². The first kappa shape index (κ1) is 16.7. The van der Waals surface area contributed by atoms with Crippen molar-refractivity contribution in [2.45, 2.75) is 0 Å². The molecule has 8 aromatic rings. The minimum absolute atomic E-state index is 1.01. The first-order valence-electron chi connectivity index (χ1n) is 10.8. The fraction of sp³-hybridized carbons (Fsp3) is 0. The zero-order chi connectivity index (χ0) is 20.8. The second-order valence-corrected chi connectivity index (χ2v) is 9.53. The highest BCUT2D eigenvalue weighted by atomic mass is 32.1. The summed E-state index contributed by atoms with van der Waals surface area (Å²) in [5.74, 6) is 0.